The Morgan fingerprint density at radius 2 is 2.27 bits per heavy atom. The quantitative estimate of drug-likeness (QED) is 0.548. The molecule has 0 aromatic rings. The van der Waals surface area contributed by atoms with Crippen LogP contribution in [0, 0.1) is 5.41 Å². The lowest BCUT2D eigenvalue weighted by Crippen LogP contribution is -2.07. The summed E-state index contributed by atoms with van der Waals surface area (Å²) >= 11 is 0. The Kier molecular flexibility index (Phi) is 2.22. The van der Waals surface area contributed by atoms with E-state index in [1.807, 2.05) is 6.92 Å². The van der Waals surface area contributed by atoms with Gasteiger partial charge in [-0.3, -0.25) is 0 Å². The molecule has 1 atom stereocenters. The molecule has 60 valence electrons. The molecule has 0 saturated heterocycles. The van der Waals surface area contributed by atoms with Crippen LogP contribution in [0.4, 0.5) is 0 Å². The molecule has 1 aliphatic rings. The van der Waals surface area contributed by atoms with Crippen molar-refractivity contribution < 1.29 is 0 Å². The van der Waals surface area contributed by atoms with E-state index >= 15 is 0 Å². The van der Waals surface area contributed by atoms with Gasteiger partial charge in [-0.05, 0) is 13.3 Å². The van der Waals surface area contributed by atoms with Crippen molar-refractivity contribution in [3.8, 4) is 0 Å². The summed E-state index contributed by atoms with van der Waals surface area (Å²) in [6.45, 7) is 6.33. The standard InChI is InChI=1S/C9H14N2/c1-4-9(3)5-6-10-11-8(2)7-9/h5-7H,4H2,1-3H3. The van der Waals surface area contributed by atoms with E-state index < -0.39 is 0 Å². The van der Waals surface area contributed by atoms with Crippen molar-refractivity contribution in [3.05, 3.63) is 24.0 Å². The van der Waals surface area contributed by atoms with Gasteiger partial charge < -0.3 is 0 Å². The van der Waals surface area contributed by atoms with Gasteiger partial charge in [0.05, 0.1) is 5.70 Å². The first-order valence-electron chi connectivity index (χ1n) is 3.94. The van der Waals surface area contributed by atoms with Crippen LogP contribution in [-0.4, -0.2) is 0 Å². The van der Waals surface area contributed by atoms with Crippen LogP contribution in [-0.2, 0) is 0 Å². The molecular weight excluding hydrogens is 136 g/mol. The topological polar surface area (TPSA) is 24.7 Å². The predicted molar refractivity (Wildman–Crippen MR) is 46.2 cm³/mol. The van der Waals surface area contributed by atoms with Gasteiger partial charge in [-0.2, -0.15) is 10.2 Å². The first-order chi connectivity index (χ1) is 5.16. The third kappa shape index (κ3) is 2.00. The third-order valence-electron chi connectivity index (χ3n) is 2.04. The van der Waals surface area contributed by atoms with E-state index in [4.69, 9.17) is 0 Å². The van der Waals surface area contributed by atoms with Crippen LogP contribution in [0.2, 0.25) is 0 Å². The largest absolute Gasteiger partial charge is 0.159 e. The van der Waals surface area contributed by atoms with Crippen LogP contribution in [0.3, 0.4) is 0 Å². The highest BCUT2D eigenvalue weighted by Crippen LogP contribution is 2.28. The molecule has 1 heterocycles. The second-order valence-corrected chi connectivity index (χ2v) is 3.18. The molecule has 0 fully saturated rings. The summed E-state index contributed by atoms with van der Waals surface area (Å²) in [5.41, 5.74) is 1.15. The minimum atomic E-state index is 0.146. The zero-order chi connectivity index (χ0) is 8.32. The molecule has 1 unspecified atom stereocenters. The first kappa shape index (κ1) is 8.18. The molecule has 0 amide bonds. The lowest BCUT2D eigenvalue weighted by Gasteiger charge is -2.17. The lowest BCUT2D eigenvalue weighted by atomic mass is 9.87. The third-order valence-corrected chi connectivity index (χ3v) is 2.04. The summed E-state index contributed by atoms with van der Waals surface area (Å²) in [5.74, 6) is 0. The summed E-state index contributed by atoms with van der Waals surface area (Å²) in [6.07, 6.45) is 7.11. The number of rotatable bonds is 1. The maximum atomic E-state index is 3.97. The molecule has 0 aromatic heterocycles. The zero-order valence-corrected chi connectivity index (χ0v) is 7.33. The minimum absolute atomic E-state index is 0.146. The van der Waals surface area contributed by atoms with E-state index in [2.05, 4.69) is 36.2 Å². The van der Waals surface area contributed by atoms with Crippen LogP contribution in [0.15, 0.2) is 34.3 Å². The van der Waals surface area contributed by atoms with Gasteiger partial charge in [-0.15, -0.1) is 0 Å². The first-order valence-corrected chi connectivity index (χ1v) is 3.94. The minimum Gasteiger partial charge on any atom is -0.159 e. The van der Waals surface area contributed by atoms with Crippen LogP contribution in [0.25, 0.3) is 0 Å². The van der Waals surface area contributed by atoms with Gasteiger partial charge in [0, 0.05) is 11.6 Å². The second kappa shape index (κ2) is 2.99. The van der Waals surface area contributed by atoms with E-state index in [1.165, 1.54) is 0 Å². The number of hydrogen-bond donors (Lipinski definition) is 0. The van der Waals surface area contributed by atoms with Gasteiger partial charge in [0.2, 0.25) is 0 Å². The maximum Gasteiger partial charge on any atom is 0.0568 e. The zero-order valence-electron chi connectivity index (χ0n) is 7.33. The van der Waals surface area contributed by atoms with Gasteiger partial charge in [-0.25, -0.2) is 0 Å². The molecule has 0 radical (unpaired) electrons. The summed E-state index contributed by atoms with van der Waals surface area (Å²) in [5, 5.41) is 7.84. The summed E-state index contributed by atoms with van der Waals surface area (Å²) in [7, 11) is 0. The molecular formula is C9H14N2. The molecule has 0 N–H and O–H groups in total. The van der Waals surface area contributed by atoms with Crippen LogP contribution < -0.4 is 0 Å². The average Bonchev–Trinajstić information content (AvgIpc) is 2.13. The Morgan fingerprint density at radius 3 is 2.91 bits per heavy atom. The Hall–Kier alpha value is -0.920. The molecule has 2 heteroatoms. The number of hydrogen-bond acceptors (Lipinski definition) is 2. The Balaban J connectivity index is 2.92. The fourth-order valence-electron chi connectivity index (χ4n) is 1.10. The van der Waals surface area contributed by atoms with Crippen LogP contribution >= 0.6 is 0 Å². The van der Waals surface area contributed by atoms with Crippen molar-refractivity contribution in [2.75, 3.05) is 0 Å². The molecule has 11 heavy (non-hydrogen) atoms. The summed E-state index contributed by atoms with van der Waals surface area (Å²) < 4.78 is 0. The van der Waals surface area contributed by atoms with E-state index in [0.717, 1.165) is 12.1 Å². The number of azo groups is 1. The Bertz CT molecular complexity index is 226. The van der Waals surface area contributed by atoms with E-state index in [-0.39, 0.29) is 5.41 Å². The normalized spacial score (nSPS) is 29.9. The van der Waals surface area contributed by atoms with E-state index in [0.29, 0.717) is 0 Å². The predicted octanol–water partition coefficient (Wildman–Crippen LogP) is 3.29. The van der Waals surface area contributed by atoms with Gasteiger partial charge in [-0.1, -0.05) is 26.0 Å². The molecule has 0 aliphatic carbocycles. The van der Waals surface area contributed by atoms with Crippen LogP contribution in [0.1, 0.15) is 27.2 Å². The average molecular weight is 150 g/mol. The Labute approximate surface area is 67.7 Å². The summed E-state index contributed by atoms with van der Waals surface area (Å²) in [6, 6.07) is 0. The molecule has 1 rings (SSSR count). The van der Waals surface area contributed by atoms with Crippen molar-refractivity contribution in [2.24, 2.45) is 15.6 Å². The number of allylic oxidation sites excluding steroid dienone is 3. The SMILES string of the molecule is CCC1(C)C=CN=NC(C)=C1. The van der Waals surface area contributed by atoms with Gasteiger partial charge >= 0.3 is 0 Å². The molecule has 2 nitrogen and oxygen atoms in total. The molecule has 0 spiro atoms. The fraction of sp³-hybridized carbons (Fsp3) is 0.556. The molecule has 1 aliphatic heterocycles. The van der Waals surface area contributed by atoms with Crippen molar-refractivity contribution in [1.29, 1.82) is 0 Å². The highest BCUT2D eigenvalue weighted by atomic mass is 15.1. The lowest BCUT2D eigenvalue weighted by molar-refractivity contribution is 0.527. The molecule has 0 saturated carbocycles. The Morgan fingerprint density at radius 1 is 1.55 bits per heavy atom. The number of nitrogens with zero attached hydrogens (tertiary/aromatic N) is 2. The van der Waals surface area contributed by atoms with Crippen molar-refractivity contribution in [3.63, 3.8) is 0 Å². The fourth-order valence-corrected chi connectivity index (χ4v) is 1.10. The summed E-state index contributed by atoms with van der Waals surface area (Å²) in [4.78, 5) is 0. The maximum absolute atomic E-state index is 3.97. The second-order valence-electron chi connectivity index (χ2n) is 3.18. The van der Waals surface area contributed by atoms with Gasteiger partial charge in [0.1, 0.15) is 0 Å². The van der Waals surface area contributed by atoms with Crippen molar-refractivity contribution >= 4 is 0 Å². The van der Waals surface area contributed by atoms with Gasteiger partial charge in [0.15, 0.2) is 0 Å². The highest BCUT2D eigenvalue weighted by Gasteiger charge is 2.16. The van der Waals surface area contributed by atoms with Crippen molar-refractivity contribution in [2.45, 2.75) is 27.2 Å². The van der Waals surface area contributed by atoms with E-state index in [1.54, 1.807) is 6.20 Å². The molecule has 0 aromatic carbocycles. The monoisotopic (exact) mass is 150 g/mol. The van der Waals surface area contributed by atoms with Gasteiger partial charge in [0.25, 0.3) is 0 Å². The molecule has 0 bridgehead atoms. The van der Waals surface area contributed by atoms with E-state index in [9.17, 15) is 0 Å². The van der Waals surface area contributed by atoms with Crippen LogP contribution in [0.5, 0.6) is 0 Å². The highest BCUT2D eigenvalue weighted by molar-refractivity contribution is 5.14. The smallest absolute Gasteiger partial charge is 0.0568 e. The van der Waals surface area contributed by atoms with Crippen molar-refractivity contribution in [1.82, 2.24) is 0 Å².